The summed E-state index contributed by atoms with van der Waals surface area (Å²) in [6.07, 6.45) is -0.0446. The standard InChI is InChI=1S/C24H25ClFN5O/c1-16-6-8-18(9-7-16)28-22-14-17(2)27-24(29-22)31-12-10-30(11-13-31)23(32)15-19-20(25)4-3-5-21(19)26/h3-9,14H,10-13,15H2,1-2H3,(H,27,28,29). The van der Waals surface area contributed by atoms with Gasteiger partial charge in [0.05, 0.1) is 6.42 Å². The second kappa shape index (κ2) is 9.53. The topological polar surface area (TPSA) is 61.4 Å². The van der Waals surface area contributed by atoms with E-state index < -0.39 is 5.82 Å². The Balaban J connectivity index is 1.40. The number of nitrogens with one attached hydrogen (secondary N) is 1. The smallest absolute Gasteiger partial charge is 0.227 e. The zero-order valence-corrected chi connectivity index (χ0v) is 18.9. The van der Waals surface area contributed by atoms with Crippen LogP contribution in [0.3, 0.4) is 0 Å². The number of halogens is 2. The zero-order valence-electron chi connectivity index (χ0n) is 18.1. The van der Waals surface area contributed by atoms with Crippen LogP contribution < -0.4 is 10.2 Å². The number of amides is 1. The Kier molecular flexibility index (Phi) is 6.55. The van der Waals surface area contributed by atoms with Crippen LogP contribution in [-0.2, 0) is 11.2 Å². The van der Waals surface area contributed by atoms with Crippen LogP contribution in [0.2, 0.25) is 5.02 Å². The first-order chi connectivity index (χ1) is 15.4. The maximum absolute atomic E-state index is 14.0. The van der Waals surface area contributed by atoms with Crippen molar-refractivity contribution in [1.82, 2.24) is 14.9 Å². The number of aromatic nitrogens is 2. The second-order valence-electron chi connectivity index (χ2n) is 7.93. The van der Waals surface area contributed by atoms with E-state index in [4.69, 9.17) is 11.6 Å². The van der Waals surface area contributed by atoms with Crippen LogP contribution in [0, 0.1) is 19.7 Å². The Labute approximate surface area is 192 Å². The van der Waals surface area contributed by atoms with Crippen LogP contribution in [0.4, 0.5) is 21.8 Å². The SMILES string of the molecule is Cc1ccc(Nc2cc(C)nc(N3CCN(C(=O)Cc4c(F)cccc4Cl)CC3)n2)cc1. The second-order valence-corrected chi connectivity index (χ2v) is 8.34. The average molecular weight is 454 g/mol. The van der Waals surface area contributed by atoms with Crippen molar-refractivity contribution in [2.24, 2.45) is 0 Å². The van der Waals surface area contributed by atoms with Crippen LogP contribution in [0.25, 0.3) is 0 Å². The molecule has 2 aromatic carbocycles. The minimum atomic E-state index is -0.453. The van der Waals surface area contributed by atoms with Crippen LogP contribution in [-0.4, -0.2) is 47.0 Å². The van der Waals surface area contributed by atoms with E-state index in [9.17, 15) is 9.18 Å². The Morgan fingerprint density at radius 1 is 1.06 bits per heavy atom. The van der Waals surface area contributed by atoms with Crippen molar-refractivity contribution in [3.05, 3.63) is 76.2 Å². The molecule has 1 N–H and O–H groups in total. The fourth-order valence-corrected chi connectivity index (χ4v) is 3.89. The molecule has 166 valence electrons. The highest BCUT2D eigenvalue weighted by Gasteiger charge is 2.24. The van der Waals surface area contributed by atoms with Gasteiger partial charge in [0.1, 0.15) is 11.6 Å². The quantitative estimate of drug-likeness (QED) is 0.615. The van der Waals surface area contributed by atoms with E-state index in [1.54, 1.807) is 11.0 Å². The molecule has 2 heterocycles. The van der Waals surface area contributed by atoms with Crippen molar-refractivity contribution in [2.45, 2.75) is 20.3 Å². The molecule has 8 heteroatoms. The van der Waals surface area contributed by atoms with Crippen molar-refractivity contribution in [3.63, 3.8) is 0 Å². The Morgan fingerprint density at radius 3 is 2.47 bits per heavy atom. The van der Waals surface area contributed by atoms with Gasteiger partial charge in [0.2, 0.25) is 11.9 Å². The van der Waals surface area contributed by atoms with Gasteiger partial charge in [0.25, 0.3) is 0 Å². The van der Waals surface area contributed by atoms with E-state index in [0.717, 1.165) is 17.2 Å². The number of hydrogen-bond acceptors (Lipinski definition) is 5. The predicted molar refractivity (Wildman–Crippen MR) is 125 cm³/mol. The number of benzene rings is 2. The van der Waals surface area contributed by atoms with Gasteiger partial charge in [0, 0.05) is 54.2 Å². The number of anilines is 3. The number of nitrogens with zero attached hydrogens (tertiary/aromatic N) is 4. The summed E-state index contributed by atoms with van der Waals surface area (Å²) < 4.78 is 14.0. The van der Waals surface area contributed by atoms with Gasteiger partial charge < -0.3 is 15.1 Å². The molecule has 0 spiro atoms. The Bertz CT molecular complexity index is 1090. The average Bonchev–Trinajstić information content (AvgIpc) is 2.77. The lowest BCUT2D eigenvalue weighted by molar-refractivity contribution is -0.130. The molecule has 1 amide bonds. The van der Waals surface area contributed by atoms with Gasteiger partial charge in [-0.05, 0) is 38.1 Å². The molecule has 6 nitrogen and oxygen atoms in total. The van der Waals surface area contributed by atoms with E-state index >= 15 is 0 Å². The van der Waals surface area contributed by atoms with Crippen LogP contribution in [0.1, 0.15) is 16.8 Å². The fraction of sp³-hybridized carbons (Fsp3) is 0.292. The molecular formula is C24H25ClFN5O. The maximum atomic E-state index is 14.0. The molecule has 0 saturated carbocycles. The van der Waals surface area contributed by atoms with E-state index in [1.807, 2.05) is 44.2 Å². The molecule has 4 rings (SSSR count). The number of carbonyl (C=O) groups is 1. The van der Waals surface area contributed by atoms with Crippen molar-refractivity contribution in [2.75, 3.05) is 36.4 Å². The first-order valence-electron chi connectivity index (χ1n) is 10.5. The molecule has 0 radical (unpaired) electrons. The lowest BCUT2D eigenvalue weighted by Gasteiger charge is -2.35. The summed E-state index contributed by atoms with van der Waals surface area (Å²) in [5.74, 6) is 0.766. The summed E-state index contributed by atoms with van der Waals surface area (Å²) in [6, 6.07) is 14.5. The van der Waals surface area contributed by atoms with E-state index in [1.165, 1.54) is 17.7 Å². The van der Waals surface area contributed by atoms with Crippen LogP contribution in [0.5, 0.6) is 0 Å². The Hall–Kier alpha value is -3.19. The largest absolute Gasteiger partial charge is 0.340 e. The van der Waals surface area contributed by atoms with E-state index in [2.05, 4.69) is 20.2 Å². The predicted octanol–water partition coefficient (Wildman–Crippen LogP) is 4.52. The summed E-state index contributed by atoms with van der Waals surface area (Å²) >= 11 is 6.07. The highest BCUT2D eigenvalue weighted by molar-refractivity contribution is 6.31. The summed E-state index contributed by atoms with van der Waals surface area (Å²) in [5.41, 5.74) is 3.26. The number of aryl methyl sites for hydroxylation is 2. The minimum Gasteiger partial charge on any atom is -0.340 e. The highest BCUT2D eigenvalue weighted by atomic mass is 35.5. The summed E-state index contributed by atoms with van der Waals surface area (Å²) in [7, 11) is 0. The molecular weight excluding hydrogens is 429 g/mol. The molecule has 1 aromatic heterocycles. The third-order valence-electron chi connectivity index (χ3n) is 5.47. The molecule has 1 aliphatic heterocycles. The lowest BCUT2D eigenvalue weighted by atomic mass is 10.1. The number of rotatable bonds is 5. The first-order valence-corrected chi connectivity index (χ1v) is 10.9. The van der Waals surface area contributed by atoms with Crippen molar-refractivity contribution >= 4 is 35.0 Å². The van der Waals surface area contributed by atoms with E-state index in [-0.39, 0.29) is 22.9 Å². The number of carbonyl (C=O) groups excluding carboxylic acids is 1. The molecule has 1 aliphatic rings. The van der Waals surface area contributed by atoms with Crippen LogP contribution >= 0.6 is 11.6 Å². The Morgan fingerprint density at radius 2 is 1.78 bits per heavy atom. The van der Waals surface area contributed by atoms with Gasteiger partial charge in [0.15, 0.2) is 0 Å². The summed E-state index contributed by atoms with van der Waals surface area (Å²) in [4.78, 5) is 25.7. The normalized spacial score (nSPS) is 13.9. The summed E-state index contributed by atoms with van der Waals surface area (Å²) in [6.45, 7) is 6.22. The maximum Gasteiger partial charge on any atom is 0.227 e. The minimum absolute atomic E-state index is 0.0446. The van der Waals surface area contributed by atoms with Gasteiger partial charge in [-0.2, -0.15) is 4.98 Å². The molecule has 3 aromatic rings. The number of piperazine rings is 1. The third-order valence-corrected chi connectivity index (χ3v) is 5.83. The molecule has 0 bridgehead atoms. The monoisotopic (exact) mass is 453 g/mol. The highest BCUT2D eigenvalue weighted by Crippen LogP contribution is 2.22. The van der Waals surface area contributed by atoms with Crippen molar-refractivity contribution in [3.8, 4) is 0 Å². The van der Waals surface area contributed by atoms with Gasteiger partial charge >= 0.3 is 0 Å². The molecule has 1 fully saturated rings. The lowest BCUT2D eigenvalue weighted by Crippen LogP contribution is -2.49. The molecule has 0 aliphatic carbocycles. The van der Waals surface area contributed by atoms with Crippen molar-refractivity contribution in [1.29, 1.82) is 0 Å². The fourth-order valence-electron chi connectivity index (χ4n) is 3.66. The molecule has 1 saturated heterocycles. The third kappa shape index (κ3) is 5.16. The van der Waals surface area contributed by atoms with E-state index in [0.29, 0.717) is 32.1 Å². The van der Waals surface area contributed by atoms with Gasteiger partial charge in [-0.1, -0.05) is 35.4 Å². The van der Waals surface area contributed by atoms with Gasteiger partial charge in [-0.15, -0.1) is 0 Å². The molecule has 32 heavy (non-hydrogen) atoms. The summed E-state index contributed by atoms with van der Waals surface area (Å²) in [5, 5.41) is 3.60. The molecule has 0 unspecified atom stereocenters. The van der Waals surface area contributed by atoms with Crippen molar-refractivity contribution < 1.29 is 9.18 Å². The number of hydrogen-bond donors (Lipinski definition) is 1. The first kappa shape index (κ1) is 22.0. The molecule has 0 atom stereocenters. The zero-order chi connectivity index (χ0) is 22.7. The van der Waals surface area contributed by atoms with Gasteiger partial charge in [-0.25, -0.2) is 9.37 Å². The van der Waals surface area contributed by atoms with Crippen LogP contribution in [0.15, 0.2) is 48.5 Å². The van der Waals surface area contributed by atoms with Gasteiger partial charge in [-0.3, -0.25) is 4.79 Å².